The average Bonchev–Trinajstić information content (AvgIpc) is 2.61. The summed E-state index contributed by atoms with van der Waals surface area (Å²) in [6.45, 7) is 2.44. The Labute approximate surface area is 142 Å². The zero-order valence-electron chi connectivity index (χ0n) is 14.0. The Morgan fingerprint density at radius 1 is 1.25 bits per heavy atom. The number of aromatic nitrogens is 3. The fraction of sp³-hybridized carbons (Fsp3) is 0.444. The summed E-state index contributed by atoms with van der Waals surface area (Å²) in [5.74, 6) is 0.351. The highest BCUT2D eigenvalue weighted by Crippen LogP contribution is 2.18. The summed E-state index contributed by atoms with van der Waals surface area (Å²) in [4.78, 5) is 25.2. The number of rotatable bonds is 5. The summed E-state index contributed by atoms with van der Waals surface area (Å²) >= 11 is 0. The molecule has 0 atom stereocenters. The van der Waals surface area contributed by atoms with Crippen molar-refractivity contribution in [1.82, 2.24) is 20.3 Å². The number of amides is 1. The highest BCUT2D eigenvalue weighted by Gasteiger charge is 2.18. The van der Waals surface area contributed by atoms with Crippen LogP contribution < -0.4 is 10.6 Å². The van der Waals surface area contributed by atoms with E-state index in [0.29, 0.717) is 18.2 Å². The minimum absolute atomic E-state index is 0.114. The van der Waals surface area contributed by atoms with E-state index in [1.165, 1.54) is 19.3 Å². The first-order chi connectivity index (χ1) is 11.7. The zero-order valence-corrected chi connectivity index (χ0v) is 14.0. The predicted molar refractivity (Wildman–Crippen MR) is 92.7 cm³/mol. The van der Waals surface area contributed by atoms with E-state index in [1.807, 2.05) is 19.1 Å². The van der Waals surface area contributed by atoms with Crippen LogP contribution in [0.15, 0.2) is 30.6 Å². The average molecular weight is 325 g/mol. The van der Waals surface area contributed by atoms with Gasteiger partial charge in [-0.15, -0.1) is 0 Å². The molecule has 2 N–H and O–H groups in total. The van der Waals surface area contributed by atoms with Gasteiger partial charge in [-0.2, -0.15) is 0 Å². The zero-order chi connectivity index (χ0) is 16.8. The number of nitrogens with one attached hydrogen (secondary N) is 2. The van der Waals surface area contributed by atoms with Crippen molar-refractivity contribution in [2.45, 2.75) is 51.6 Å². The van der Waals surface area contributed by atoms with Crippen molar-refractivity contribution in [1.29, 1.82) is 0 Å². The molecular weight excluding hydrogens is 302 g/mol. The molecule has 2 aromatic rings. The molecule has 0 saturated heterocycles. The van der Waals surface area contributed by atoms with Gasteiger partial charge in [0.2, 0.25) is 5.95 Å². The Morgan fingerprint density at radius 3 is 2.83 bits per heavy atom. The number of aryl methyl sites for hydroxylation is 1. The van der Waals surface area contributed by atoms with Crippen LogP contribution in [0.2, 0.25) is 0 Å². The SMILES string of the molecule is Cc1cc(C(=O)NC2CCCCC2)nc(NCc2cccnc2)n1. The van der Waals surface area contributed by atoms with Crippen molar-refractivity contribution < 1.29 is 4.79 Å². The lowest BCUT2D eigenvalue weighted by atomic mass is 9.95. The van der Waals surface area contributed by atoms with Crippen molar-refractivity contribution in [3.8, 4) is 0 Å². The van der Waals surface area contributed by atoms with Crippen molar-refractivity contribution in [3.63, 3.8) is 0 Å². The van der Waals surface area contributed by atoms with Gasteiger partial charge < -0.3 is 10.6 Å². The van der Waals surface area contributed by atoms with Crippen LogP contribution in [-0.2, 0) is 6.54 Å². The van der Waals surface area contributed by atoms with E-state index in [-0.39, 0.29) is 11.9 Å². The van der Waals surface area contributed by atoms with Gasteiger partial charge >= 0.3 is 0 Å². The van der Waals surface area contributed by atoms with E-state index in [4.69, 9.17) is 0 Å². The molecule has 6 heteroatoms. The smallest absolute Gasteiger partial charge is 0.270 e. The number of nitrogens with zero attached hydrogens (tertiary/aromatic N) is 3. The molecule has 0 unspecified atom stereocenters. The third-order valence-electron chi connectivity index (χ3n) is 4.20. The van der Waals surface area contributed by atoms with Gasteiger partial charge in [0.15, 0.2) is 0 Å². The van der Waals surface area contributed by atoms with Gasteiger partial charge in [0.25, 0.3) is 5.91 Å². The maximum Gasteiger partial charge on any atom is 0.270 e. The molecule has 0 radical (unpaired) electrons. The highest BCUT2D eigenvalue weighted by molar-refractivity contribution is 5.92. The van der Waals surface area contributed by atoms with Crippen LogP contribution >= 0.6 is 0 Å². The van der Waals surface area contributed by atoms with Crippen molar-refractivity contribution in [2.24, 2.45) is 0 Å². The van der Waals surface area contributed by atoms with Gasteiger partial charge in [-0.3, -0.25) is 9.78 Å². The number of hydrogen-bond donors (Lipinski definition) is 2. The Kier molecular flexibility index (Phi) is 5.36. The van der Waals surface area contributed by atoms with Crippen molar-refractivity contribution in [3.05, 3.63) is 47.5 Å². The first-order valence-electron chi connectivity index (χ1n) is 8.50. The topological polar surface area (TPSA) is 79.8 Å². The summed E-state index contributed by atoms with van der Waals surface area (Å²) in [6, 6.07) is 5.87. The molecule has 0 aliphatic heterocycles. The van der Waals surface area contributed by atoms with Gasteiger partial charge in [0, 0.05) is 30.7 Å². The second kappa shape index (κ2) is 7.86. The lowest BCUT2D eigenvalue weighted by Crippen LogP contribution is -2.36. The summed E-state index contributed by atoms with van der Waals surface area (Å²) in [5.41, 5.74) is 2.23. The Balaban J connectivity index is 1.65. The Morgan fingerprint density at radius 2 is 2.08 bits per heavy atom. The molecule has 1 saturated carbocycles. The largest absolute Gasteiger partial charge is 0.350 e. The van der Waals surface area contributed by atoms with Gasteiger partial charge in [-0.1, -0.05) is 25.3 Å². The molecular formula is C18H23N5O. The van der Waals surface area contributed by atoms with Crippen LogP contribution in [0.5, 0.6) is 0 Å². The fourth-order valence-electron chi connectivity index (χ4n) is 2.95. The monoisotopic (exact) mass is 325 g/mol. The number of pyridine rings is 1. The summed E-state index contributed by atoms with van der Waals surface area (Å²) < 4.78 is 0. The lowest BCUT2D eigenvalue weighted by Gasteiger charge is -2.22. The minimum atomic E-state index is -0.114. The molecule has 24 heavy (non-hydrogen) atoms. The van der Waals surface area contributed by atoms with Crippen LogP contribution in [0.25, 0.3) is 0 Å². The first-order valence-corrected chi connectivity index (χ1v) is 8.50. The van der Waals surface area contributed by atoms with E-state index >= 15 is 0 Å². The molecule has 2 heterocycles. The van der Waals surface area contributed by atoms with Gasteiger partial charge in [-0.25, -0.2) is 9.97 Å². The lowest BCUT2D eigenvalue weighted by molar-refractivity contribution is 0.0922. The molecule has 1 amide bonds. The number of carbonyl (C=O) groups is 1. The molecule has 1 aliphatic rings. The van der Waals surface area contributed by atoms with Crippen molar-refractivity contribution >= 4 is 11.9 Å². The van der Waals surface area contributed by atoms with Crippen LogP contribution in [0, 0.1) is 6.92 Å². The predicted octanol–water partition coefficient (Wildman–Crippen LogP) is 2.85. The molecule has 3 rings (SSSR count). The Bertz CT molecular complexity index is 683. The summed E-state index contributed by atoms with van der Waals surface area (Å²) in [6.07, 6.45) is 9.28. The molecule has 0 spiro atoms. The van der Waals surface area contributed by atoms with Gasteiger partial charge in [-0.05, 0) is 37.5 Å². The third kappa shape index (κ3) is 4.50. The van der Waals surface area contributed by atoms with Crippen LogP contribution in [0.3, 0.4) is 0 Å². The van der Waals surface area contributed by atoms with Gasteiger partial charge in [0.05, 0.1) is 0 Å². The van der Waals surface area contributed by atoms with Crippen LogP contribution in [-0.4, -0.2) is 26.9 Å². The number of carbonyl (C=O) groups excluding carboxylic acids is 1. The van der Waals surface area contributed by atoms with E-state index < -0.39 is 0 Å². The summed E-state index contributed by atoms with van der Waals surface area (Å²) in [5, 5.41) is 6.25. The molecule has 1 fully saturated rings. The minimum Gasteiger partial charge on any atom is -0.350 e. The molecule has 6 nitrogen and oxygen atoms in total. The van der Waals surface area contributed by atoms with Gasteiger partial charge in [0.1, 0.15) is 5.69 Å². The van der Waals surface area contributed by atoms with Crippen molar-refractivity contribution in [2.75, 3.05) is 5.32 Å². The van der Waals surface area contributed by atoms with E-state index in [0.717, 1.165) is 24.1 Å². The van der Waals surface area contributed by atoms with Crippen LogP contribution in [0.1, 0.15) is 53.8 Å². The standard InChI is InChI=1S/C18H23N5O/c1-13-10-16(17(24)22-15-7-3-2-4-8-15)23-18(21-13)20-12-14-6-5-9-19-11-14/h5-6,9-11,15H,2-4,7-8,12H2,1H3,(H,22,24)(H,20,21,23). The Hall–Kier alpha value is -2.50. The van der Waals surface area contributed by atoms with E-state index in [1.54, 1.807) is 18.5 Å². The maximum atomic E-state index is 12.5. The first kappa shape index (κ1) is 16.4. The highest BCUT2D eigenvalue weighted by atomic mass is 16.1. The molecule has 0 aromatic carbocycles. The molecule has 1 aliphatic carbocycles. The maximum absolute atomic E-state index is 12.5. The molecule has 126 valence electrons. The second-order valence-corrected chi connectivity index (χ2v) is 6.24. The molecule has 0 bridgehead atoms. The van der Waals surface area contributed by atoms with Crippen LogP contribution in [0.4, 0.5) is 5.95 Å². The fourth-order valence-corrected chi connectivity index (χ4v) is 2.95. The third-order valence-corrected chi connectivity index (χ3v) is 4.20. The molecule has 2 aromatic heterocycles. The van der Waals surface area contributed by atoms with E-state index in [9.17, 15) is 4.79 Å². The quantitative estimate of drug-likeness (QED) is 0.883. The normalized spacial score (nSPS) is 15.0. The van der Waals surface area contributed by atoms with E-state index in [2.05, 4.69) is 25.6 Å². The number of anilines is 1. The second-order valence-electron chi connectivity index (χ2n) is 6.24. The number of hydrogen-bond acceptors (Lipinski definition) is 5. The summed E-state index contributed by atoms with van der Waals surface area (Å²) in [7, 11) is 0.